The summed E-state index contributed by atoms with van der Waals surface area (Å²) < 4.78 is 45.9. The average Bonchev–Trinajstić information content (AvgIpc) is 2.77. The van der Waals surface area contributed by atoms with E-state index in [2.05, 4.69) is 22.3 Å². The van der Waals surface area contributed by atoms with Crippen LogP contribution in [-0.2, 0) is 10.9 Å². The van der Waals surface area contributed by atoms with E-state index in [4.69, 9.17) is 4.74 Å². The van der Waals surface area contributed by atoms with Crippen molar-refractivity contribution < 1.29 is 22.7 Å². The highest BCUT2D eigenvalue weighted by Crippen LogP contribution is 2.55. The van der Waals surface area contributed by atoms with Crippen LogP contribution in [0.1, 0.15) is 45.3 Å². The maximum atomic E-state index is 13.2. The van der Waals surface area contributed by atoms with Gasteiger partial charge in [0.1, 0.15) is 11.3 Å². The molecule has 0 atom stereocenters. The number of carbonyl (C=O) groups is 1. The number of amides is 1. The lowest BCUT2D eigenvalue weighted by molar-refractivity contribution is -0.150. The van der Waals surface area contributed by atoms with Gasteiger partial charge in [0.05, 0.1) is 11.2 Å². The molecule has 0 radical (unpaired) electrons. The summed E-state index contributed by atoms with van der Waals surface area (Å²) in [5.41, 5.74) is -1.56. The lowest BCUT2D eigenvalue weighted by Gasteiger charge is -2.58. The molecule has 142 valence electrons. The molecule has 3 rings (SSSR count). The van der Waals surface area contributed by atoms with Crippen molar-refractivity contribution >= 4 is 29.3 Å². The minimum Gasteiger partial charge on any atom is -0.444 e. The molecule has 1 aliphatic heterocycles. The van der Waals surface area contributed by atoms with Gasteiger partial charge in [0.25, 0.3) is 0 Å². The topological polar surface area (TPSA) is 59.7 Å². The Morgan fingerprint density at radius 1 is 1.38 bits per heavy atom. The van der Waals surface area contributed by atoms with Crippen LogP contribution in [0.25, 0.3) is 0 Å². The van der Waals surface area contributed by atoms with Crippen molar-refractivity contribution in [1.82, 2.24) is 14.7 Å². The number of hydrogen-bond acceptors (Lipinski definition) is 5. The van der Waals surface area contributed by atoms with Gasteiger partial charge in [-0.3, -0.25) is 4.68 Å². The van der Waals surface area contributed by atoms with Gasteiger partial charge >= 0.3 is 12.3 Å². The van der Waals surface area contributed by atoms with Gasteiger partial charge < -0.3 is 9.64 Å². The summed E-state index contributed by atoms with van der Waals surface area (Å²) in [5, 5.41) is 5.94. The number of rotatable bonds is 2. The van der Waals surface area contributed by atoms with Gasteiger partial charge in [0.2, 0.25) is 0 Å². The van der Waals surface area contributed by atoms with Crippen molar-refractivity contribution in [2.45, 2.75) is 51.4 Å². The van der Waals surface area contributed by atoms with E-state index in [0.29, 0.717) is 25.9 Å². The number of isothiocyanates is 1. The normalized spacial score (nSPS) is 19.5. The minimum absolute atomic E-state index is 0.0998. The quantitative estimate of drug-likeness (QED) is 0.563. The van der Waals surface area contributed by atoms with Gasteiger partial charge in [-0.25, -0.2) is 4.79 Å². The summed E-state index contributed by atoms with van der Waals surface area (Å²) in [6.07, 6.45) is -3.86. The first-order valence-electron chi connectivity index (χ1n) is 8.15. The third kappa shape index (κ3) is 3.61. The van der Waals surface area contributed by atoms with Crippen LogP contribution < -0.4 is 0 Å². The first-order valence-corrected chi connectivity index (χ1v) is 8.56. The summed E-state index contributed by atoms with van der Waals surface area (Å²) in [5.74, 6) is -0.0998. The molecule has 0 bridgehead atoms. The molecular formula is C16H19F3N4O2S. The van der Waals surface area contributed by atoms with Gasteiger partial charge in [0.15, 0.2) is 5.82 Å². The van der Waals surface area contributed by atoms with Gasteiger partial charge in [-0.2, -0.15) is 23.3 Å². The average molecular weight is 388 g/mol. The largest absolute Gasteiger partial charge is 0.444 e. The zero-order valence-corrected chi connectivity index (χ0v) is 15.4. The molecule has 1 aliphatic carbocycles. The van der Waals surface area contributed by atoms with Crippen molar-refractivity contribution in [3.8, 4) is 0 Å². The molecule has 0 aromatic carbocycles. The van der Waals surface area contributed by atoms with E-state index in [-0.39, 0.29) is 23.4 Å². The molecule has 6 nitrogen and oxygen atoms in total. The first-order chi connectivity index (χ1) is 11.9. The van der Waals surface area contributed by atoms with Crippen LogP contribution in [-0.4, -0.2) is 44.6 Å². The molecule has 1 aromatic rings. The number of aromatic nitrogens is 2. The molecule has 26 heavy (non-hydrogen) atoms. The predicted octanol–water partition coefficient (Wildman–Crippen LogP) is 4.21. The molecule has 10 heteroatoms. The highest BCUT2D eigenvalue weighted by Gasteiger charge is 2.56. The maximum absolute atomic E-state index is 13.2. The summed E-state index contributed by atoms with van der Waals surface area (Å²) in [4.78, 5) is 17.1. The van der Waals surface area contributed by atoms with Crippen LogP contribution in [0.4, 0.5) is 23.8 Å². The van der Waals surface area contributed by atoms with Gasteiger partial charge in [-0.1, -0.05) is 0 Å². The second kappa shape index (κ2) is 6.06. The van der Waals surface area contributed by atoms with E-state index in [0.717, 1.165) is 10.7 Å². The summed E-state index contributed by atoms with van der Waals surface area (Å²) in [6.45, 7) is 6.35. The molecular weight excluding hydrogens is 369 g/mol. The third-order valence-corrected chi connectivity index (χ3v) is 4.65. The van der Waals surface area contributed by atoms with E-state index in [1.165, 1.54) is 0 Å². The number of hydrogen-bond donors (Lipinski definition) is 0. The zero-order chi connectivity index (χ0) is 19.3. The SMILES string of the molecule is CC(C)(C)OC(=O)N1CC2(CC(n3nc(N=C=S)cc3C(F)(F)F)C2)C1. The van der Waals surface area contributed by atoms with Crippen molar-refractivity contribution in [3.63, 3.8) is 0 Å². The number of nitrogens with zero attached hydrogens (tertiary/aromatic N) is 4. The Bertz CT molecular complexity index is 763. The van der Waals surface area contributed by atoms with Gasteiger partial charge in [0, 0.05) is 24.6 Å². The molecule has 1 saturated carbocycles. The Kier molecular flexibility index (Phi) is 4.39. The van der Waals surface area contributed by atoms with Crippen LogP contribution in [0.2, 0.25) is 0 Å². The molecule has 2 heterocycles. The second-order valence-corrected chi connectivity index (χ2v) is 8.11. The van der Waals surface area contributed by atoms with E-state index in [9.17, 15) is 18.0 Å². The van der Waals surface area contributed by atoms with Gasteiger partial charge in [-0.15, -0.1) is 0 Å². The van der Waals surface area contributed by atoms with E-state index in [1.54, 1.807) is 25.7 Å². The van der Waals surface area contributed by atoms with Crippen molar-refractivity contribution in [2.75, 3.05) is 13.1 Å². The van der Waals surface area contributed by atoms with E-state index < -0.39 is 17.5 Å². The Morgan fingerprint density at radius 2 is 2.00 bits per heavy atom. The summed E-state index contributed by atoms with van der Waals surface area (Å²) >= 11 is 4.43. The lowest BCUT2D eigenvalue weighted by atomic mass is 9.61. The minimum atomic E-state index is -4.52. The fraction of sp³-hybridized carbons (Fsp3) is 0.688. The van der Waals surface area contributed by atoms with Crippen LogP contribution in [0, 0.1) is 5.41 Å². The number of carbonyl (C=O) groups excluding carboxylic acids is 1. The van der Waals surface area contributed by atoms with E-state index >= 15 is 0 Å². The molecule has 0 unspecified atom stereocenters. The molecule has 1 spiro atoms. The standard InChI is InChI=1S/C16H19F3N4O2S/c1-14(2,3)25-13(24)22-7-15(8-22)5-10(6-15)23-11(16(17,18)19)4-12(21-23)20-9-26/h4,10H,5-8H2,1-3H3. The van der Waals surface area contributed by atoms with Crippen molar-refractivity contribution in [1.29, 1.82) is 0 Å². The van der Waals surface area contributed by atoms with Crippen LogP contribution in [0.15, 0.2) is 11.1 Å². The van der Waals surface area contributed by atoms with Crippen LogP contribution >= 0.6 is 12.2 Å². The Labute approximate surface area is 154 Å². The van der Waals surface area contributed by atoms with Gasteiger partial charge in [-0.05, 0) is 45.8 Å². The van der Waals surface area contributed by atoms with Crippen LogP contribution in [0.5, 0.6) is 0 Å². The monoisotopic (exact) mass is 388 g/mol. The second-order valence-electron chi connectivity index (χ2n) is 7.93. The number of ether oxygens (including phenoxy) is 1. The number of alkyl halides is 3. The lowest BCUT2D eigenvalue weighted by Crippen LogP contribution is -2.64. The van der Waals surface area contributed by atoms with Crippen LogP contribution in [0.3, 0.4) is 0 Å². The fourth-order valence-corrected chi connectivity index (χ4v) is 3.66. The molecule has 1 aromatic heterocycles. The molecule has 1 saturated heterocycles. The Balaban J connectivity index is 1.65. The number of halogens is 3. The van der Waals surface area contributed by atoms with Crippen molar-refractivity contribution in [2.24, 2.45) is 10.4 Å². The summed E-state index contributed by atoms with van der Waals surface area (Å²) in [7, 11) is 0. The smallest absolute Gasteiger partial charge is 0.433 e. The molecule has 1 amide bonds. The number of aliphatic imine (C=N–C) groups is 1. The Morgan fingerprint density at radius 3 is 2.50 bits per heavy atom. The molecule has 0 N–H and O–H groups in total. The molecule has 2 aliphatic rings. The molecule has 2 fully saturated rings. The van der Waals surface area contributed by atoms with E-state index in [1.807, 2.05) is 5.16 Å². The predicted molar refractivity (Wildman–Crippen MR) is 90.4 cm³/mol. The number of likely N-dealkylation sites (tertiary alicyclic amines) is 1. The highest BCUT2D eigenvalue weighted by atomic mass is 32.1. The highest BCUT2D eigenvalue weighted by molar-refractivity contribution is 7.78. The fourth-order valence-electron chi connectivity index (χ4n) is 3.56. The zero-order valence-electron chi connectivity index (χ0n) is 14.6. The Hall–Kier alpha value is -1.93. The third-order valence-electron chi connectivity index (χ3n) is 4.56. The maximum Gasteiger partial charge on any atom is 0.433 e. The van der Waals surface area contributed by atoms with Crippen molar-refractivity contribution in [3.05, 3.63) is 11.8 Å². The first kappa shape index (κ1) is 18.8. The summed E-state index contributed by atoms with van der Waals surface area (Å²) in [6, 6.07) is 0.499. The number of thiocarbonyl (C=S) groups is 1.